The number of nitrogens with zero attached hydrogens (tertiary/aromatic N) is 4. The molecule has 4 heterocycles. The van der Waals surface area contributed by atoms with Crippen molar-refractivity contribution in [3.05, 3.63) is 114 Å². The molecule has 12 heteroatoms. The van der Waals surface area contributed by atoms with Gasteiger partial charge in [0.1, 0.15) is 35.4 Å². The average Bonchev–Trinajstić information content (AvgIpc) is 3.88. The summed E-state index contributed by atoms with van der Waals surface area (Å²) in [6.07, 6.45) is 7.95. The van der Waals surface area contributed by atoms with Crippen LogP contribution in [0.1, 0.15) is 64.1 Å². The molecule has 8 nitrogen and oxygen atoms in total. The maximum absolute atomic E-state index is 13.8. The Morgan fingerprint density at radius 2 is 1.02 bits per heavy atom. The molecule has 0 unspecified atom stereocenters. The topological polar surface area (TPSA) is 163 Å². The fourth-order valence-corrected chi connectivity index (χ4v) is 13.9. The zero-order valence-electron chi connectivity index (χ0n) is 26.0. The van der Waals surface area contributed by atoms with Gasteiger partial charge in [-0.3, -0.25) is 0 Å². The molecule has 0 amide bonds. The van der Waals surface area contributed by atoms with E-state index >= 15 is 0 Å². The first-order chi connectivity index (χ1) is 24.1. The maximum atomic E-state index is 13.8. The molecule has 2 aliphatic carbocycles. The number of thiophene rings is 2. The molecule has 1 fully saturated rings. The highest BCUT2D eigenvalue weighted by Crippen LogP contribution is 2.61. The Labute approximate surface area is 296 Å². The molecule has 0 bridgehead atoms. The first-order valence-electron chi connectivity index (χ1n) is 15.6. The van der Waals surface area contributed by atoms with Crippen molar-refractivity contribution in [1.82, 2.24) is 0 Å². The Hall–Kier alpha value is -5.34. The van der Waals surface area contributed by atoms with E-state index in [1.165, 1.54) is 34.8 Å². The predicted molar refractivity (Wildman–Crippen MR) is 191 cm³/mol. The summed E-state index contributed by atoms with van der Waals surface area (Å²) in [4.78, 5) is 3.25. The summed E-state index contributed by atoms with van der Waals surface area (Å²) in [5.74, 6) is 0. The zero-order chi connectivity index (χ0) is 35.0. The van der Waals surface area contributed by atoms with Gasteiger partial charge in [-0.25, -0.2) is 16.8 Å². The molecule has 2 aliphatic heterocycles. The summed E-state index contributed by atoms with van der Waals surface area (Å²) in [6.45, 7) is 0. The number of rotatable bonds is 2. The monoisotopic (exact) mass is 726 g/mol. The van der Waals surface area contributed by atoms with Crippen molar-refractivity contribution < 1.29 is 16.8 Å². The second-order valence-electron chi connectivity index (χ2n) is 12.4. The van der Waals surface area contributed by atoms with Crippen LogP contribution in [0, 0.1) is 45.3 Å². The van der Waals surface area contributed by atoms with Gasteiger partial charge in [0.15, 0.2) is 0 Å². The van der Waals surface area contributed by atoms with Gasteiger partial charge in [-0.2, -0.15) is 21.0 Å². The van der Waals surface area contributed by atoms with E-state index in [2.05, 4.69) is 0 Å². The van der Waals surface area contributed by atoms with Crippen molar-refractivity contribution in [3.8, 4) is 34.0 Å². The van der Waals surface area contributed by atoms with Crippen LogP contribution in [0.4, 0.5) is 0 Å². The fraction of sp³-hybridized carbons (Fsp3) is 0.158. The highest BCUT2D eigenvalue weighted by molar-refractivity contribution is 7.97. The largest absolute Gasteiger partial charge is 0.218 e. The van der Waals surface area contributed by atoms with Crippen LogP contribution in [0.15, 0.2) is 91.4 Å². The van der Waals surface area contributed by atoms with Gasteiger partial charge >= 0.3 is 0 Å². The van der Waals surface area contributed by atoms with Gasteiger partial charge in [-0.1, -0.05) is 55.7 Å². The highest BCUT2D eigenvalue weighted by Gasteiger charge is 2.47. The minimum Gasteiger partial charge on any atom is -0.218 e. The Balaban J connectivity index is 1.31. The molecule has 1 saturated carbocycles. The number of fused-ring (bicyclic) bond motifs is 7. The summed E-state index contributed by atoms with van der Waals surface area (Å²) in [5.41, 5.74) is 2.19. The molecule has 0 radical (unpaired) electrons. The summed E-state index contributed by atoms with van der Waals surface area (Å²) >= 11 is 2.87. The molecule has 242 valence electrons. The lowest BCUT2D eigenvalue weighted by Crippen LogP contribution is -2.27. The molecule has 1 spiro atoms. The standard InChI is InChI=1S/C38H22N4O4S4/c39-18-22(19-40)34-26-8-2-4-10-30(26)49(43,44)32(34)16-24-14-28-36(47-24)37-29(38(28)12-6-1-7-13-38)15-25(48-37)17-33-35(23(20-41)21-42)27-9-3-5-11-31(27)50(33,45)46/h2-5,8-11,14-17H,1,6-7,12-13H2/b32-16-,33-17-. The molecule has 4 aliphatic rings. The number of benzene rings is 2. The summed E-state index contributed by atoms with van der Waals surface area (Å²) in [6, 6.07) is 24.3. The van der Waals surface area contributed by atoms with Crippen molar-refractivity contribution in [2.45, 2.75) is 47.3 Å². The molecule has 2 aromatic heterocycles. The van der Waals surface area contributed by atoms with Gasteiger partial charge in [0, 0.05) is 47.2 Å². The van der Waals surface area contributed by atoms with Crippen molar-refractivity contribution in [3.63, 3.8) is 0 Å². The van der Waals surface area contributed by atoms with Crippen LogP contribution >= 0.6 is 22.7 Å². The van der Waals surface area contributed by atoms with E-state index in [1.807, 2.05) is 36.4 Å². The molecule has 0 atom stereocenters. The van der Waals surface area contributed by atoms with E-state index in [-0.39, 0.29) is 47.3 Å². The van der Waals surface area contributed by atoms with Crippen molar-refractivity contribution in [2.24, 2.45) is 0 Å². The van der Waals surface area contributed by atoms with E-state index in [0.29, 0.717) is 20.9 Å². The van der Waals surface area contributed by atoms with Crippen LogP contribution in [0.3, 0.4) is 0 Å². The van der Waals surface area contributed by atoms with Crippen LogP contribution in [0.2, 0.25) is 0 Å². The lowest BCUT2D eigenvalue weighted by molar-refractivity contribution is 0.353. The molecule has 2 aromatic carbocycles. The van der Waals surface area contributed by atoms with Crippen LogP contribution in [-0.4, -0.2) is 16.8 Å². The second-order valence-corrected chi connectivity index (χ2v) is 18.3. The van der Waals surface area contributed by atoms with Crippen LogP contribution in [0.5, 0.6) is 0 Å². The SMILES string of the molecule is N#CC(C#N)=C1/C(=C/c2cc3c(s2)-c2sc(/C=C4/C(=C(C#N)C#N)c5ccccc5S4(=O)=O)cc2C32CCCCC2)S(=O)(=O)c2ccccc21. The maximum Gasteiger partial charge on any atom is 0.207 e. The van der Waals surface area contributed by atoms with E-state index in [1.54, 1.807) is 48.6 Å². The molecule has 0 N–H and O–H groups in total. The molecule has 50 heavy (non-hydrogen) atoms. The fourth-order valence-electron chi connectivity index (χ4n) is 7.78. The predicted octanol–water partition coefficient (Wildman–Crippen LogP) is 8.30. The Morgan fingerprint density at radius 1 is 0.620 bits per heavy atom. The van der Waals surface area contributed by atoms with Gasteiger partial charge in [-0.05, 0) is 60.4 Å². The number of hydrogen-bond donors (Lipinski definition) is 0. The quantitative estimate of drug-likeness (QED) is 0.186. The van der Waals surface area contributed by atoms with Crippen LogP contribution in [0.25, 0.3) is 33.1 Å². The molecular weight excluding hydrogens is 705 g/mol. The normalized spacial score (nSPS) is 19.9. The third kappa shape index (κ3) is 4.34. The van der Waals surface area contributed by atoms with Crippen molar-refractivity contribution in [1.29, 1.82) is 21.0 Å². The lowest BCUT2D eigenvalue weighted by atomic mass is 9.68. The zero-order valence-corrected chi connectivity index (χ0v) is 29.3. The molecule has 8 rings (SSSR count). The van der Waals surface area contributed by atoms with Crippen LogP contribution in [-0.2, 0) is 25.1 Å². The number of nitriles is 4. The Bertz CT molecular complexity index is 2540. The third-order valence-corrected chi connectivity index (χ3v) is 15.9. The molecule has 4 aromatic rings. The minimum absolute atomic E-state index is 0.0590. The van der Waals surface area contributed by atoms with Crippen LogP contribution < -0.4 is 0 Å². The van der Waals surface area contributed by atoms with E-state index in [0.717, 1.165) is 53.0 Å². The highest BCUT2D eigenvalue weighted by atomic mass is 32.2. The van der Waals surface area contributed by atoms with E-state index in [4.69, 9.17) is 0 Å². The van der Waals surface area contributed by atoms with Gasteiger partial charge in [0.2, 0.25) is 19.7 Å². The average molecular weight is 727 g/mol. The first-order valence-corrected chi connectivity index (χ1v) is 20.2. The molecule has 0 saturated heterocycles. The summed E-state index contributed by atoms with van der Waals surface area (Å²) in [5, 5.41) is 39.1. The van der Waals surface area contributed by atoms with Gasteiger partial charge in [0.25, 0.3) is 0 Å². The molecular formula is C38H22N4O4S4. The summed E-state index contributed by atoms with van der Waals surface area (Å²) < 4.78 is 55.2. The van der Waals surface area contributed by atoms with Gasteiger partial charge < -0.3 is 0 Å². The van der Waals surface area contributed by atoms with E-state index in [9.17, 15) is 37.9 Å². The van der Waals surface area contributed by atoms with Gasteiger partial charge in [0.05, 0.1) is 19.6 Å². The minimum atomic E-state index is -4.01. The summed E-state index contributed by atoms with van der Waals surface area (Å²) in [7, 11) is -8.02. The number of hydrogen-bond acceptors (Lipinski definition) is 10. The Morgan fingerprint density at radius 3 is 1.42 bits per heavy atom. The number of sulfone groups is 2. The Kier molecular flexibility index (Phi) is 7.24. The van der Waals surface area contributed by atoms with Gasteiger partial charge in [-0.15, -0.1) is 22.7 Å². The van der Waals surface area contributed by atoms with Crippen molar-refractivity contribution >= 4 is 65.6 Å². The van der Waals surface area contributed by atoms with Crippen molar-refractivity contribution in [2.75, 3.05) is 0 Å². The number of allylic oxidation sites excluding steroid dienone is 4. The first kappa shape index (κ1) is 31.9. The smallest absolute Gasteiger partial charge is 0.207 e. The van der Waals surface area contributed by atoms with E-state index < -0.39 is 19.7 Å². The third-order valence-electron chi connectivity index (χ3n) is 9.90. The lowest BCUT2D eigenvalue weighted by Gasteiger charge is -2.34. The second kappa shape index (κ2) is 11.4.